The zero-order valence-corrected chi connectivity index (χ0v) is 13.6. The second kappa shape index (κ2) is 6.62. The van der Waals surface area contributed by atoms with E-state index >= 15 is 0 Å². The van der Waals surface area contributed by atoms with Crippen LogP contribution in [0.3, 0.4) is 0 Å². The van der Waals surface area contributed by atoms with E-state index in [4.69, 9.17) is 5.26 Å². The fourth-order valence-electron chi connectivity index (χ4n) is 2.57. The van der Waals surface area contributed by atoms with E-state index in [0.717, 1.165) is 22.8 Å². The lowest BCUT2D eigenvalue weighted by Crippen LogP contribution is -2.07. The average molecular weight is 327 g/mol. The molecule has 5 heteroatoms. The van der Waals surface area contributed by atoms with Gasteiger partial charge in [0.2, 0.25) is 5.95 Å². The van der Waals surface area contributed by atoms with E-state index in [2.05, 4.69) is 26.7 Å². The average Bonchev–Trinajstić information content (AvgIpc) is 3.46. The maximum Gasteiger partial charge on any atom is 0.229 e. The van der Waals surface area contributed by atoms with Crippen molar-refractivity contribution in [2.75, 3.05) is 10.6 Å². The van der Waals surface area contributed by atoms with Crippen molar-refractivity contribution < 1.29 is 0 Å². The minimum absolute atomic E-state index is 0.508. The van der Waals surface area contributed by atoms with Gasteiger partial charge in [-0.2, -0.15) is 10.2 Å². The van der Waals surface area contributed by atoms with Crippen LogP contribution >= 0.6 is 0 Å². The third-order valence-corrected chi connectivity index (χ3v) is 3.97. The van der Waals surface area contributed by atoms with Crippen molar-refractivity contribution in [1.82, 2.24) is 9.97 Å². The Morgan fingerprint density at radius 1 is 0.960 bits per heavy atom. The van der Waals surface area contributed by atoms with Gasteiger partial charge in [0.25, 0.3) is 0 Å². The molecule has 3 aromatic rings. The topological polar surface area (TPSA) is 73.6 Å². The van der Waals surface area contributed by atoms with Crippen LogP contribution in [-0.2, 0) is 0 Å². The molecule has 0 radical (unpaired) electrons. The first-order valence-corrected chi connectivity index (χ1v) is 8.28. The summed E-state index contributed by atoms with van der Waals surface area (Å²) in [6.07, 6.45) is 2.36. The number of rotatable bonds is 5. The first-order valence-electron chi connectivity index (χ1n) is 8.28. The van der Waals surface area contributed by atoms with Gasteiger partial charge in [-0.15, -0.1) is 0 Å². The molecular formula is C20H17N5. The summed E-state index contributed by atoms with van der Waals surface area (Å²) in [5.74, 6) is 1.33. The largest absolute Gasteiger partial charge is 0.367 e. The van der Waals surface area contributed by atoms with Gasteiger partial charge in [0.05, 0.1) is 17.3 Å². The van der Waals surface area contributed by atoms with E-state index in [1.165, 1.54) is 12.8 Å². The van der Waals surface area contributed by atoms with E-state index in [1.54, 1.807) is 12.1 Å². The molecule has 0 spiro atoms. The molecule has 0 bridgehead atoms. The molecule has 0 saturated heterocycles. The fourth-order valence-corrected chi connectivity index (χ4v) is 2.57. The molecule has 122 valence electrons. The molecule has 1 aliphatic carbocycles. The van der Waals surface area contributed by atoms with Crippen LogP contribution in [-0.4, -0.2) is 16.0 Å². The molecular weight excluding hydrogens is 310 g/mol. The highest BCUT2D eigenvalue weighted by molar-refractivity contribution is 5.66. The van der Waals surface area contributed by atoms with Crippen LogP contribution < -0.4 is 10.6 Å². The summed E-state index contributed by atoms with van der Waals surface area (Å²) in [5.41, 5.74) is 3.29. The number of anilines is 3. The molecule has 0 amide bonds. The van der Waals surface area contributed by atoms with Gasteiger partial charge in [0.15, 0.2) is 0 Å². The lowest BCUT2D eigenvalue weighted by Gasteiger charge is -2.11. The molecule has 0 atom stereocenters. The van der Waals surface area contributed by atoms with Gasteiger partial charge in [0.1, 0.15) is 5.82 Å². The number of aromatic nitrogens is 2. The van der Waals surface area contributed by atoms with Gasteiger partial charge < -0.3 is 10.6 Å². The van der Waals surface area contributed by atoms with Crippen LogP contribution in [0, 0.1) is 11.3 Å². The molecule has 0 unspecified atom stereocenters. The number of nitrogens with one attached hydrogen (secondary N) is 2. The van der Waals surface area contributed by atoms with E-state index in [-0.39, 0.29) is 0 Å². The highest BCUT2D eigenvalue weighted by Gasteiger charge is 2.22. The van der Waals surface area contributed by atoms with Crippen molar-refractivity contribution in [2.45, 2.75) is 18.9 Å². The van der Waals surface area contributed by atoms with Gasteiger partial charge >= 0.3 is 0 Å². The summed E-state index contributed by atoms with van der Waals surface area (Å²) in [5, 5.41) is 15.7. The molecule has 2 aromatic carbocycles. The standard InChI is InChI=1S/C20H17N5/c21-13-14-5-4-8-17(11-14)23-20-24-18(15-6-2-1-3-7-15)12-19(25-20)22-16-9-10-16/h1-8,11-12,16H,9-10H2,(H2,22,23,24,25). The Hall–Kier alpha value is -3.39. The van der Waals surface area contributed by atoms with Crippen molar-refractivity contribution in [3.8, 4) is 17.3 Å². The van der Waals surface area contributed by atoms with E-state index in [9.17, 15) is 0 Å². The number of nitrogens with zero attached hydrogens (tertiary/aromatic N) is 3. The number of hydrogen-bond donors (Lipinski definition) is 2. The first-order chi connectivity index (χ1) is 12.3. The Balaban J connectivity index is 1.69. The summed E-state index contributed by atoms with van der Waals surface area (Å²) >= 11 is 0. The Kier molecular flexibility index (Phi) is 4.01. The summed E-state index contributed by atoms with van der Waals surface area (Å²) in [4.78, 5) is 9.21. The van der Waals surface area contributed by atoms with Crippen molar-refractivity contribution in [3.05, 3.63) is 66.2 Å². The molecule has 1 aromatic heterocycles. The van der Waals surface area contributed by atoms with Crippen LogP contribution in [0.15, 0.2) is 60.7 Å². The Bertz CT molecular complexity index is 926. The summed E-state index contributed by atoms with van der Waals surface area (Å²) in [7, 11) is 0. The molecule has 25 heavy (non-hydrogen) atoms. The predicted octanol–water partition coefficient (Wildman–Crippen LogP) is 4.33. The third kappa shape index (κ3) is 3.75. The van der Waals surface area contributed by atoms with E-state index in [1.807, 2.05) is 48.5 Å². The zero-order chi connectivity index (χ0) is 17.1. The predicted molar refractivity (Wildman–Crippen MR) is 98.6 cm³/mol. The van der Waals surface area contributed by atoms with Crippen LogP contribution in [0.1, 0.15) is 18.4 Å². The van der Waals surface area contributed by atoms with Gasteiger partial charge in [-0.05, 0) is 31.0 Å². The van der Waals surface area contributed by atoms with Crippen molar-refractivity contribution in [1.29, 1.82) is 5.26 Å². The Morgan fingerprint density at radius 2 is 1.80 bits per heavy atom. The quantitative estimate of drug-likeness (QED) is 0.729. The monoisotopic (exact) mass is 327 g/mol. The summed E-state index contributed by atoms with van der Waals surface area (Å²) < 4.78 is 0. The van der Waals surface area contributed by atoms with Crippen molar-refractivity contribution in [3.63, 3.8) is 0 Å². The van der Waals surface area contributed by atoms with Crippen LogP contribution in [0.4, 0.5) is 17.5 Å². The number of nitriles is 1. The van der Waals surface area contributed by atoms with E-state index < -0.39 is 0 Å². The smallest absolute Gasteiger partial charge is 0.229 e. The zero-order valence-electron chi connectivity index (χ0n) is 13.6. The maximum absolute atomic E-state index is 9.05. The minimum Gasteiger partial charge on any atom is -0.367 e. The number of benzene rings is 2. The second-order valence-corrected chi connectivity index (χ2v) is 6.06. The third-order valence-electron chi connectivity index (χ3n) is 3.97. The Labute approximate surface area is 146 Å². The van der Waals surface area contributed by atoms with E-state index in [0.29, 0.717) is 17.6 Å². The molecule has 4 rings (SSSR count). The van der Waals surface area contributed by atoms with Crippen LogP contribution in [0.2, 0.25) is 0 Å². The highest BCUT2D eigenvalue weighted by Crippen LogP contribution is 2.27. The molecule has 0 aliphatic heterocycles. The van der Waals surface area contributed by atoms with Gasteiger partial charge in [0, 0.05) is 23.4 Å². The van der Waals surface area contributed by atoms with Crippen LogP contribution in [0.5, 0.6) is 0 Å². The summed E-state index contributed by atoms with van der Waals surface area (Å²) in [6.45, 7) is 0. The lowest BCUT2D eigenvalue weighted by molar-refractivity contribution is 1.09. The molecule has 1 aliphatic rings. The number of hydrogen-bond acceptors (Lipinski definition) is 5. The minimum atomic E-state index is 0.508. The van der Waals surface area contributed by atoms with Gasteiger partial charge in [-0.25, -0.2) is 4.98 Å². The first kappa shape index (κ1) is 15.2. The molecule has 2 N–H and O–H groups in total. The van der Waals surface area contributed by atoms with Gasteiger partial charge in [-0.1, -0.05) is 36.4 Å². The lowest BCUT2D eigenvalue weighted by atomic mass is 10.1. The second-order valence-electron chi connectivity index (χ2n) is 6.06. The normalized spacial score (nSPS) is 13.1. The maximum atomic E-state index is 9.05. The van der Waals surface area contributed by atoms with Crippen LogP contribution in [0.25, 0.3) is 11.3 Å². The Morgan fingerprint density at radius 3 is 2.56 bits per heavy atom. The summed E-state index contributed by atoms with van der Waals surface area (Å²) in [6, 6.07) is 22.0. The fraction of sp³-hybridized carbons (Fsp3) is 0.150. The molecule has 5 nitrogen and oxygen atoms in total. The SMILES string of the molecule is N#Cc1cccc(Nc2nc(NC3CC3)cc(-c3ccccc3)n2)c1. The highest BCUT2D eigenvalue weighted by atomic mass is 15.2. The van der Waals surface area contributed by atoms with Crippen molar-refractivity contribution in [2.24, 2.45) is 0 Å². The molecule has 1 heterocycles. The molecule has 1 fully saturated rings. The van der Waals surface area contributed by atoms with Gasteiger partial charge in [-0.3, -0.25) is 0 Å². The molecule has 1 saturated carbocycles. The van der Waals surface area contributed by atoms with Crippen molar-refractivity contribution >= 4 is 17.5 Å².